The van der Waals surface area contributed by atoms with Crippen molar-refractivity contribution in [2.24, 2.45) is 29.4 Å². The third kappa shape index (κ3) is 42.9. The summed E-state index contributed by atoms with van der Waals surface area (Å²) in [7, 11) is 10.6. The molecule has 2 aromatic carbocycles. The van der Waals surface area contributed by atoms with Gasteiger partial charge in [-0.15, -0.1) is 0 Å². The van der Waals surface area contributed by atoms with Crippen molar-refractivity contribution in [2.45, 2.75) is 136 Å². The molecule has 0 amide bonds. The van der Waals surface area contributed by atoms with Crippen molar-refractivity contribution >= 4 is 36.1 Å². The second kappa shape index (κ2) is 49.0. The first kappa shape index (κ1) is 74.3. The molecule has 71 heavy (non-hydrogen) atoms. The molecule has 0 fully saturated rings. The third-order valence-corrected chi connectivity index (χ3v) is 10.2. The van der Waals surface area contributed by atoms with E-state index < -0.39 is 30.2 Å². The normalized spacial score (nSPS) is 13.0. The molecule has 0 aliphatic carbocycles. The Labute approximate surface area is 463 Å². The standard InChI is InChI=1S/C15H22O4.C13H16O3.2C8H16O4.C6H12NO4.K/c1-12(9-10-14(17-2)18-3)15(16)19-11-13-7-5-4-6-8-13;1-11(6-5-9-14)13(15)16-10-12-7-3-2-4-8-12;2*1-6(8(9)10)4-5-7(11-2)12-3;1-11-5(8)3-2-4(7)6(9)10;/h4-8,12,14H,9-11H2,1-3H3;2-4,7-9,11H,5-6,10H2,1H3;2*6-7H,4-5H2,1-3H3,(H,9,10);4-5H,2-3,7H2,1H3,(H,9,10);/q;;;;-1;+1. The van der Waals surface area contributed by atoms with Crippen LogP contribution in [0, 0.1) is 23.7 Å². The van der Waals surface area contributed by atoms with E-state index in [1.807, 2.05) is 67.6 Å². The van der Waals surface area contributed by atoms with E-state index in [0.717, 1.165) is 17.4 Å². The molecule has 6 unspecified atom stereocenters. The molecule has 0 saturated heterocycles. The first-order chi connectivity index (χ1) is 33.2. The van der Waals surface area contributed by atoms with Crippen LogP contribution in [0.3, 0.4) is 0 Å². The number of hydrogen-bond donors (Lipinski definition) is 4. The number of nitrogens with two attached hydrogens (primary N) is 1. The molecule has 0 saturated carbocycles. The zero-order chi connectivity index (χ0) is 53.9. The summed E-state index contributed by atoms with van der Waals surface area (Å²) >= 11 is 0. The summed E-state index contributed by atoms with van der Waals surface area (Å²) in [6.45, 7) is 7.59. The van der Waals surface area contributed by atoms with Gasteiger partial charge in [0.1, 0.15) is 25.5 Å². The Morgan fingerprint density at radius 2 is 0.817 bits per heavy atom. The fourth-order valence-electron chi connectivity index (χ4n) is 5.25. The average Bonchev–Trinajstić information content (AvgIpc) is 3.37. The van der Waals surface area contributed by atoms with E-state index in [2.05, 4.69) is 4.74 Å². The molecule has 5 N–H and O–H groups in total. The number of carbonyl (C=O) groups is 6. The van der Waals surface area contributed by atoms with Crippen LogP contribution in [0.5, 0.6) is 0 Å². The van der Waals surface area contributed by atoms with Crippen molar-refractivity contribution in [3.63, 3.8) is 0 Å². The summed E-state index contributed by atoms with van der Waals surface area (Å²) in [5, 5.41) is 36.0. The van der Waals surface area contributed by atoms with Crippen LogP contribution in [0.1, 0.15) is 103 Å². The van der Waals surface area contributed by atoms with Gasteiger partial charge in [0.15, 0.2) is 18.9 Å². The summed E-state index contributed by atoms with van der Waals surface area (Å²) in [4.78, 5) is 64.4. The molecule has 6 atom stereocenters. The molecule has 402 valence electrons. The van der Waals surface area contributed by atoms with Crippen LogP contribution >= 0.6 is 0 Å². The summed E-state index contributed by atoms with van der Waals surface area (Å²) in [6, 6.07) is 18.2. The number of carbonyl (C=O) groups excluding carboxylic acids is 3. The number of carboxylic acid groups (broad SMARTS) is 3. The maximum atomic E-state index is 11.8. The Hall–Kier alpha value is -3.26. The molecule has 21 heteroatoms. The van der Waals surface area contributed by atoms with Crippen LogP contribution in [0.15, 0.2) is 60.7 Å². The molecule has 0 radical (unpaired) electrons. The Morgan fingerprint density at radius 1 is 0.493 bits per heavy atom. The van der Waals surface area contributed by atoms with Crippen molar-refractivity contribution in [3.05, 3.63) is 71.8 Å². The van der Waals surface area contributed by atoms with Gasteiger partial charge in [-0.1, -0.05) is 88.4 Å². The van der Waals surface area contributed by atoms with Crippen LogP contribution in [-0.2, 0) is 84.6 Å². The molecule has 0 spiro atoms. The summed E-state index contributed by atoms with van der Waals surface area (Å²) in [5.74, 6) is -4.11. The Kier molecular flexibility index (Phi) is 51.2. The van der Waals surface area contributed by atoms with Gasteiger partial charge in [0.25, 0.3) is 0 Å². The molecular weight excluding hydrogens is 958 g/mol. The fourth-order valence-corrected chi connectivity index (χ4v) is 5.25. The van der Waals surface area contributed by atoms with Crippen LogP contribution in [0.4, 0.5) is 0 Å². The third-order valence-electron chi connectivity index (χ3n) is 10.2. The predicted molar refractivity (Wildman–Crippen MR) is 256 cm³/mol. The van der Waals surface area contributed by atoms with E-state index >= 15 is 0 Å². The number of methoxy groups -OCH3 is 7. The smallest absolute Gasteiger partial charge is 0.831 e. The van der Waals surface area contributed by atoms with Gasteiger partial charge in [0, 0.05) is 56.2 Å². The monoisotopic (exact) mass is 1040 g/mol. The van der Waals surface area contributed by atoms with Crippen molar-refractivity contribution in [1.29, 1.82) is 0 Å². The summed E-state index contributed by atoms with van der Waals surface area (Å²) < 4.78 is 44.6. The van der Waals surface area contributed by atoms with E-state index in [-0.39, 0.29) is 119 Å². The van der Waals surface area contributed by atoms with Gasteiger partial charge in [0.05, 0.1) is 23.7 Å². The van der Waals surface area contributed by atoms with Gasteiger partial charge in [0.2, 0.25) is 0 Å². The van der Waals surface area contributed by atoms with Gasteiger partial charge in [-0.25, -0.2) is 0 Å². The Balaban J connectivity index is -0.000000401. The van der Waals surface area contributed by atoms with Crippen LogP contribution in [0.25, 0.3) is 0 Å². The Bertz CT molecular complexity index is 1580. The van der Waals surface area contributed by atoms with E-state index in [1.54, 1.807) is 63.4 Å². The second-order valence-corrected chi connectivity index (χ2v) is 15.8. The van der Waals surface area contributed by atoms with E-state index in [0.29, 0.717) is 64.6 Å². The van der Waals surface area contributed by atoms with Gasteiger partial charge in [-0.05, 0) is 75.2 Å². The van der Waals surface area contributed by atoms with Crippen molar-refractivity contribution in [2.75, 3.05) is 49.8 Å². The minimum absolute atomic E-state index is 0. The molecule has 0 heterocycles. The minimum atomic E-state index is -1.17. The number of ether oxygens (including phenoxy) is 9. The van der Waals surface area contributed by atoms with E-state index in [1.165, 1.54) is 7.11 Å². The van der Waals surface area contributed by atoms with Gasteiger partial charge in [-0.2, -0.15) is 0 Å². The number of rotatable bonds is 31. The average molecular weight is 1040 g/mol. The van der Waals surface area contributed by atoms with Crippen molar-refractivity contribution < 1.29 is 143 Å². The first-order valence-electron chi connectivity index (χ1n) is 22.9. The van der Waals surface area contributed by atoms with Gasteiger partial charge < -0.3 is 73.6 Å². The largest absolute Gasteiger partial charge is 1.00 e. The first-order valence-corrected chi connectivity index (χ1v) is 22.9. The Morgan fingerprint density at radius 3 is 1.10 bits per heavy atom. The van der Waals surface area contributed by atoms with Crippen LogP contribution < -0.4 is 62.2 Å². The van der Waals surface area contributed by atoms with E-state index in [9.17, 15) is 33.9 Å². The molecule has 2 aromatic rings. The maximum Gasteiger partial charge on any atom is 1.00 e. The zero-order valence-electron chi connectivity index (χ0n) is 44.0. The molecule has 0 aromatic heterocycles. The number of hydrogen-bond acceptors (Lipinski definition) is 17. The summed E-state index contributed by atoms with van der Waals surface area (Å²) in [5.41, 5.74) is 7.09. The SMILES string of the molecule is CC(CCC=O)C(=O)OCc1ccccc1.COC(CCC(C)C(=O)O)OC.COC(CCC(C)C(=O)O)OC.COC(CCC(C)C(=O)OCc1ccccc1)OC.COC([O-])CCC(N)C(=O)O.[K+]. The fraction of sp³-hybridized carbons (Fsp3) is 0.640. The number of benzene rings is 2. The molecule has 20 nitrogen and oxygen atoms in total. The molecule has 0 aliphatic rings. The van der Waals surface area contributed by atoms with Crippen LogP contribution in [-0.4, -0.2) is 132 Å². The number of aliphatic carboxylic acids is 3. The second-order valence-electron chi connectivity index (χ2n) is 15.8. The molecule has 0 aliphatic heterocycles. The van der Waals surface area contributed by atoms with Crippen molar-refractivity contribution in [3.8, 4) is 0 Å². The topological polar surface area (TPSA) is 295 Å². The van der Waals surface area contributed by atoms with Gasteiger partial charge in [-0.3, -0.25) is 24.0 Å². The molecule has 2 rings (SSSR count). The molecular formula is C50H82KNO19. The number of carboxylic acids is 3. The number of esters is 2. The predicted octanol–water partition coefficient (Wildman–Crippen LogP) is 2.84. The quantitative estimate of drug-likeness (QED) is 0.0365. The zero-order valence-corrected chi connectivity index (χ0v) is 47.1. The van der Waals surface area contributed by atoms with Crippen LogP contribution in [0.2, 0.25) is 0 Å². The maximum absolute atomic E-state index is 11.8. The minimum Gasteiger partial charge on any atom is -0.831 e. The summed E-state index contributed by atoms with van der Waals surface area (Å²) in [6.07, 6.45) is 3.78. The van der Waals surface area contributed by atoms with Gasteiger partial charge >= 0.3 is 81.2 Å². The number of aldehydes is 1. The van der Waals surface area contributed by atoms with E-state index in [4.69, 9.17) is 58.9 Å². The molecule has 0 bridgehead atoms. The van der Waals surface area contributed by atoms with Crippen molar-refractivity contribution in [1.82, 2.24) is 0 Å².